The lowest BCUT2D eigenvalue weighted by molar-refractivity contribution is -0.113. The largest absolute Gasteiger partial charge is 0.494 e. The summed E-state index contributed by atoms with van der Waals surface area (Å²) >= 11 is 5.78. The van der Waals surface area contributed by atoms with E-state index in [1.54, 1.807) is 24.3 Å². The summed E-state index contributed by atoms with van der Waals surface area (Å²) in [6.45, 7) is 0.394. The Labute approximate surface area is 158 Å². The zero-order chi connectivity index (χ0) is 18.9. The van der Waals surface area contributed by atoms with E-state index in [0.29, 0.717) is 35.2 Å². The molecule has 26 heavy (non-hydrogen) atoms. The van der Waals surface area contributed by atoms with E-state index in [4.69, 9.17) is 21.4 Å². The summed E-state index contributed by atoms with van der Waals surface area (Å²) in [7, 11) is -1.30. The molecule has 0 spiro atoms. The van der Waals surface area contributed by atoms with E-state index < -0.39 is 16.8 Å². The van der Waals surface area contributed by atoms with E-state index >= 15 is 0 Å². The van der Waals surface area contributed by atoms with Crippen molar-refractivity contribution in [3.8, 4) is 5.75 Å². The van der Waals surface area contributed by atoms with Crippen LogP contribution in [-0.4, -0.2) is 39.3 Å². The summed E-state index contributed by atoms with van der Waals surface area (Å²) in [5.41, 5.74) is 0.593. The van der Waals surface area contributed by atoms with Gasteiger partial charge in [0, 0.05) is 27.3 Å². The number of nitrogens with one attached hydrogen (secondary N) is 1. The smallest absolute Gasteiger partial charge is 0.335 e. The van der Waals surface area contributed by atoms with E-state index in [9.17, 15) is 13.8 Å². The van der Waals surface area contributed by atoms with Gasteiger partial charge < -0.3 is 15.2 Å². The molecule has 1 atom stereocenters. The van der Waals surface area contributed by atoms with Crippen LogP contribution in [0.25, 0.3) is 0 Å². The Kier molecular flexibility index (Phi) is 7.62. The van der Waals surface area contributed by atoms with Gasteiger partial charge in [0.1, 0.15) is 11.5 Å². The maximum Gasteiger partial charge on any atom is 0.335 e. The van der Waals surface area contributed by atoms with E-state index in [-0.39, 0.29) is 17.2 Å². The highest BCUT2D eigenvalue weighted by Gasteiger charge is 2.09. The lowest BCUT2D eigenvalue weighted by Gasteiger charge is -2.07. The third-order valence-electron chi connectivity index (χ3n) is 3.31. The number of anilines is 1. The van der Waals surface area contributed by atoms with Crippen molar-refractivity contribution >= 4 is 40.0 Å². The molecule has 1 unspecified atom stereocenters. The molecule has 0 heterocycles. The molecule has 0 bridgehead atoms. The van der Waals surface area contributed by atoms with E-state index in [2.05, 4.69) is 5.32 Å². The molecule has 8 heteroatoms. The summed E-state index contributed by atoms with van der Waals surface area (Å²) < 4.78 is 17.4. The van der Waals surface area contributed by atoms with Crippen LogP contribution in [0.2, 0.25) is 5.02 Å². The highest BCUT2D eigenvalue weighted by molar-refractivity contribution is 7.85. The van der Waals surface area contributed by atoms with Gasteiger partial charge in [0.2, 0.25) is 5.91 Å². The van der Waals surface area contributed by atoms with Crippen LogP contribution in [-0.2, 0) is 15.6 Å². The lowest BCUT2D eigenvalue weighted by Crippen LogP contribution is -2.21. The van der Waals surface area contributed by atoms with Crippen molar-refractivity contribution in [2.45, 2.75) is 6.42 Å². The topological polar surface area (TPSA) is 92.7 Å². The first kappa shape index (κ1) is 19.9. The van der Waals surface area contributed by atoms with Crippen LogP contribution in [0.5, 0.6) is 5.75 Å². The molecule has 0 saturated carbocycles. The van der Waals surface area contributed by atoms with Crippen LogP contribution in [0.1, 0.15) is 16.8 Å². The number of carbonyl (C=O) groups excluding carboxylic acids is 1. The second-order valence-corrected chi connectivity index (χ2v) is 7.39. The van der Waals surface area contributed by atoms with Crippen molar-refractivity contribution in [3.05, 3.63) is 59.1 Å². The molecule has 0 saturated heterocycles. The molecule has 0 aromatic heterocycles. The summed E-state index contributed by atoms with van der Waals surface area (Å²) in [6, 6.07) is 12.7. The van der Waals surface area contributed by atoms with Crippen LogP contribution >= 0.6 is 11.6 Å². The molecule has 2 aromatic rings. The fourth-order valence-corrected chi connectivity index (χ4v) is 3.13. The average Bonchev–Trinajstić information content (AvgIpc) is 2.60. The molecular formula is C18H18ClNO5S. The number of hydrogen-bond acceptors (Lipinski definition) is 4. The Balaban J connectivity index is 1.67. The maximum absolute atomic E-state index is 11.9. The summed E-state index contributed by atoms with van der Waals surface area (Å²) in [4.78, 5) is 22.6. The Morgan fingerprint density at radius 1 is 1.08 bits per heavy atom. The second kappa shape index (κ2) is 9.94. The van der Waals surface area contributed by atoms with Gasteiger partial charge in [-0.3, -0.25) is 9.00 Å². The molecule has 0 fully saturated rings. The number of ether oxygens (including phenoxy) is 1. The Hall–Kier alpha value is -2.38. The predicted molar refractivity (Wildman–Crippen MR) is 101 cm³/mol. The number of rotatable bonds is 9. The maximum atomic E-state index is 11.9. The standard InChI is InChI=1S/C18H18ClNO5S/c19-14-4-8-16(9-5-14)25-10-1-11-26(24)12-17(21)20-15-6-2-13(3-7-15)18(22)23/h2-9H,1,10-12H2,(H,20,21)(H,22,23). The van der Waals surface area contributed by atoms with Gasteiger partial charge in [-0.1, -0.05) is 11.6 Å². The van der Waals surface area contributed by atoms with E-state index in [1.807, 2.05) is 0 Å². The molecule has 0 aliphatic heterocycles. The number of carboxylic acids is 1. The van der Waals surface area contributed by atoms with Crippen molar-refractivity contribution in [1.29, 1.82) is 0 Å². The van der Waals surface area contributed by atoms with Crippen LogP contribution in [0.3, 0.4) is 0 Å². The molecule has 2 N–H and O–H groups in total. The molecule has 0 aliphatic rings. The molecular weight excluding hydrogens is 378 g/mol. The summed E-state index contributed by atoms with van der Waals surface area (Å²) in [6.07, 6.45) is 0.551. The first-order valence-electron chi connectivity index (χ1n) is 7.80. The fourth-order valence-electron chi connectivity index (χ4n) is 2.05. The quantitative estimate of drug-likeness (QED) is 0.636. The van der Waals surface area contributed by atoms with Crippen LogP contribution < -0.4 is 10.1 Å². The van der Waals surface area contributed by atoms with Gasteiger partial charge in [-0.05, 0) is 55.0 Å². The van der Waals surface area contributed by atoms with E-state index in [0.717, 1.165) is 0 Å². The summed E-state index contributed by atoms with van der Waals surface area (Å²) in [5, 5.41) is 12.0. The minimum absolute atomic E-state index is 0.123. The predicted octanol–water partition coefficient (Wildman–Crippen LogP) is 3.19. The van der Waals surface area contributed by atoms with Crippen molar-refractivity contribution < 1.29 is 23.6 Å². The van der Waals surface area contributed by atoms with Gasteiger partial charge >= 0.3 is 5.97 Å². The molecule has 2 rings (SSSR count). The van der Waals surface area contributed by atoms with Crippen molar-refractivity contribution in [2.24, 2.45) is 0 Å². The number of aromatic carboxylic acids is 1. The van der Waals surface area contributed by atoms with E-state index in [1.165, 1.54) is 24.3 Å². The second-order valence-electron chi connectivity index (χ2n) is 5.37. The number of halogens is 1. The van der Waals surface area contributed by atoms with Gasteiger partial charge in [-0.2, -0.15) is 0 Å². The molecule has 0 aliphatic carbocycles. The summed E-state index contributed by atoms with van der Waals surface area (Å²) in [5.74, 6) is -0.516. The first-order valence-corrected chi connectivity index (χ1v) is 9.67. The van der Waals surface area contributed by atoms with Gasteiger partial charge in [-0.15, -0.1) is 0 Å². The lowest BCUT2D eigenvalue weighted by atomic mass is 10.2. The zero-order valence-corrected chi connectivity index (χ0v) is 15.4. The SMILES string of the molecule is O=C(CS(=O)CCCOc1ccc(Cl)cc1)Nc1ccc(C(=O)O)cc1. The minimum atomic E-state index is -1.30. The van der Waals surface area contributed by atoms with Gasteiger partial charge in [0.05, 0.1) is 12.2 Å². The average molecular weight is 396 g/mol. The van der Waals surface area contributed by atoms with Crippen LogP contribution in [0.15, 0.2) is 48.5 Å². The number of benzene rings is 2. The number of amides is 1. The Morgan fingerprint density at radius 3 is 2.35 bits per heavy atom. The first-order chi connectivity index (χ1) is 12.4. The molecule has 2 aromatic carbocycles. The van der Waals surface area contributed by atoms with Gasteiger partial charge in [0.15, 0.2) is 0 Å². The molecule has 0 radical (unpaired) electrons. The third kappa shape index (κ3) is 6.85. The van der Waals surface area contributed by atoms with Crippen molar-refractivity contribution in [3.63, 3.8) is 0 Å². The van der Waals surface area contributed by atoms with Gasteiger partial charge in [0.25, 0.3) is 0 Å². The normalized spacial score (nSPS) is 11.6. The van der Waals surface area contributed by atoms with Crippen molar-refractivity contribution in [2.75, 3.05) is 23.4 Å². The number of carboxylic acid groups (broad SMARTS) is 1. The molecule has 1 amide bonds. The fraction of sp³-hybridized carbons (Fsp3) is 0.222. The molecule has 138 valence electrons. The minimum Gasteiger partial charge on any atom is -0.494 e. The van der Waals surface area contributed by atoms with Crippen LogP contribution in [0, 0.1) is 0 Å². The monoisotopic (exact) mass is 395 g/mol. The zero-order valence-electron chi connectivity index (χ0n) is 13.8. The van der Waals surface area contributed by atoms with Crippen LogP contribution in [0.4, 0.5) is 5.69 Å². The van der Waals surface area contributed by atoms with Gasteiger partial charge in [-0.25, -0.2) is 4.79 Å². The Morgan fingerprint density at radius 2 is 1.73 bits per heavy atom. The van der Waals surface area contributed by atoms with Crippen molar-refractivity contribution in [1.82, 2.24) is 0 Å². The Bertz CT molecular complexity index is 777. The third-order valence-corrected chi connectivity index (χ3v) is 4.89. The number of hydrogen-bond donors (Lipinski definition) is 2. The highest BCUT2D eigenvalue weighted by Crippen LogP contribution is 2.15. The highest BCUT2D eigenvalue weighted by atomic mass is 35.5. The molecule has 6 nitrogen and oxygen atoms in total. The number of carbonyl (C=O) groups is 2.